The molecule has 0 saturated heterocycles. The second-order valence-electron chi connectivity index (χ2n) is 2.80. The van der Waals surface area contributed by atoms with Crippen LogP contribution in [0.25, 0.3) is 10.2 Å². The number of benzene rings is 1. The molecule has 0 saturated carbocycles. The minimum Gasteiger partial charge on any atom is -0.188 e. The molecule has 0 unspecified atom stereocenters. The van der Waals surface area contributed by atoms with Crippen LogP contribution < -0.4 is 4.57 Å². The van der Waals surface area contributed by atoms with Gasteiger partial charge in [0.25, 0.3) is 0 Å². The number of aromatic nitrogens is 1. The maximum Gasteiger partial charge on any atom is 0.236 e. The van der Waals surface area contributed by atoms with Gasteiger partial charge in [0.2, 0.25) is 10.5 Å². The zero-order valence-electron chi connectivity index (χ0n) is 7.03. The largest absolute Gasteiger partial charge is 0.236 e. The van der Waals surface area contributed by atoms with Gasteiger partial charge in [0, 0.05) is 6.92 Å². The lowest BCUT2D eigenvalue weighted by atomic mass is 10.3. The van der Waals surface area contributed by atoms with E-state index in [2.05, 4.69) is 37.2 Å². The Morgan fingerprint density at radius 2 is 2.17 bits per heavy atom. The summed E-state index contributed by atoms with van der Waals surface area (Å²) in [7, 11) is 2.08. The quantitative estimate of drug-likeness (QED) is 0.487. The molecule has 0 N–H and O–H groups in total. The predicted octanol–water partition coefficient (Wildman–Crippen LogP) is 2.32. The summed E-state index contributed by atoms with van der Waals surface area (Å²) in [6.07, 6.45) is 0. The molecule has 0 spiro atoms. The SMILES string of the molecule is Cc1sc2cccc(S)c2[n+]1C. The number of para-hydroxylation sites is 1. The highest BCUT2D eigenvalue weighted by Crippen LogP contribution is 2.24. The van der Waals surface area contributed by atoms with Gasteiger partial charge in [0.1, 0.15) is 11.7 Å². The summed E-state index contributed by atoms with van der Waals surface area (Å²) in [6.45, 7) is 2.12. The van der Waals surface area contributed by atoms with Gasteiger partial charge in [-0.25, -0.2) is 0 Å². The van der Waals surface area contributed by atoms with Crippen LogP contribution in [0.5, 0.6) is 0 Å². The molecular formula is C9H10NS2+. The minimum absolute atomic E-state index is 1.05. The van der Waals surface area contributed by atoms with Gasteiger partial charge in [0.05, 0.1) is 4.90 Å². The number of rotatable bonds is 0. The Labute approximate surface area is 81.1 Å². The van der Waals surface area contributed by atoms with E-state index in [9.17, 15) is 0 Å². The topological polar surface area (TPSA) is 3.88 Å². The maximum atomic E-state index is 4.42. The summed E-state index contributed by atoms with van der Waals surface area (Å²) in [4.78, 5) is 1.05. The van der Waals surface area contributed by atoms with Gasteiger partial charge < -0.3 is 0 Å². The monoisotopic (exact) mass is 196 g/mol. The third-order valence-corrected chi connectivity index (χ3v) is 3.52. The van der Waals surface area contributed by atoms with Crippen LogP contribution in [0.3, 0.4) is 0 Å². The summed E-state index contributed by atoms with van der Waals surface area (Å²) in [5, 5.41) is 1.31. The molecule has 2 rings (SSSR count). The molecule has 0 fully saturated rings. The molecule has 0 aliphatic heterocycles. The van der Waals surface area contributed by atoms with E-state index in [1.807, 2.05) is 12.1 Å². The van der Waals surface area contributed by atoms with Crippen molar-refractivity contribution in [2.24, 2.45) is 7.05 Å². The Hall–Kier alpha value is -0.540. The van der Waals surface area contributed by atoms with Gasteiger partial charge in [-0.3, -0.25) is 0 Å². The van der Waals surface area contributed by atoms with E-state index in [0.29, 0.717) is 0 Å². The van der Waals surface area contributed by atoms with E-state index in [1.54, 1.807) is 11.3 Å². The lowest BCUT2D eigenvalue weighted by Crippen LogP contribution is -2.29. The Morgan fingerprint density at radius 1 is 1.42 bits per heavy atom. The molecule has 2 aromatic rings. The zero-order chi connectivity index (χ0) is 8.72. The van der Waals surface area contributed by atoms with Crippen molar-refractivity contribution in [1.82, 2.24) is 0 Å². The lowest BCUT2D eigenvalue weighted by molar-refractivity contribution is -0.647. The molecule has 0 amide bonds. The summed E-state index contributed by atoms with van der Waals surface area (Å²) >= 11 is 6.23. The zero-order valence-corrected chi connectivity index (χ0v) is 8.75. The van der Waals surface area contributed by atoms with Gasteiger partial charge in [0.15, 0.2) is 0 Å². The van der Waals surface area contributed by atoms with Crippen LogP contribution in [0, 0.1) is 6.92 Å². The standard InChI is InChI=1S/C9H9NS2/c1-6-10(2)9-7(11)4-3-5-8(9)12-6/h3-5H,1-2H3/p+1. The van der Waals surface area contributed by atoms with E-state index in [1.165, 1.54) is 15.2 Å². The fourth-order valence-corrected chi connectivity index (χ4v) is 2.78. The maximum absolute atomic E-state index is 4.42. The summed E-state index contributed by atoms with van der Waals surface area (Å²) in [5.41, 5.74) is 1.24. The normalized spacial score (nSPS) is 10.9. The highest BCUT2D eigenvalue weighted by Gasteiger charge is 2.14. The first-order chi connectivity index (χ1) is 5.70. The van der Waals surface area contributed by atoms with Crippen molar-refractivity contribution >= 4 is 34.2 Å². The van der Waals surface area contributed by atoms with Crippen LogP contribution in [0.2, 0.25) is 0 Å². The van der Waals surface area contributed by atoms with Gasteiger partial charge >= 0.3 is 0 Å². The Morgan fingerprint density at radius 3 is 2.83 bits per heavy atom. The third kappa shape index (κ3) is 1.04. The average Bonchev–Trinajstić information content (AvgIpc) is 2.29. The summed E-state index contributed by atoms with van der Waals surface area (Å²) in [6, 6.07) is 6.20. The molecule has 12 heavy (non-hydrogen) atoms. The van der Waals surface area contributed by atoms with Crippen LogP contribution in [0.4, 0.5) is 0 Å². The van der Waals surface area contributed by atoms with E-state index in [-0.39, 0.29) is 0 Å². The van der Waals surface area contributed by atoms with E-state index >= 15 is 0 Å². The average molecular weight is 196 g/mol. The molecule has 0 bridgehead atoms. The van der Waals surface area contributed by atoms with Crippen molar-refractivity contribution < 1.29 is 4.57 Å². The number of nitrogens with zero attached hydrogens (tertiary/aromatic N) is 1. The third-order valence-electron chi connectivity index (χ3n) is 2.04. The van der Waals surface area contributed by atoms with Crippen molar-refractivity contribution in [1.29, 1.82) is 0 Å². The molecule has 62 valence electrons. The van der Waals surface area contributed by atoms with Crippen LogP contribution in [0.1, 0.15) is 5.01 Å². The lowest BCUT2D eigenvalue weighted by Gasteiger charge is -1.89. The summed E-state index contributed by atoms with van der Waals surface area (Å²) < 4.78 is 3.49. The fraction of sp³-hybridized carbons (Fsp3) is 0.222. The molecule has 0 aliphatic carbocycles. The first-order valence-electron chi connectivity index (χ1n) is 3.77. The van der Waals surface area contributed by atoms with Crippen molar-refractivity contribution in [3.8, 4) is 0 Å². The second-order valence-corrected chi connectivity index (χ2v) is 4.52. The molecule has 0 aliphatic rings. The smallest absolute Gasteiger partial charge is 0.188 e. The molecule has 1 aromatic carbocycles. The van der Waals surface area contributed by atoms with E-state index in [0.717, 1.165) is 4.90 Å². The Bertz CT molecular complexity index is 431. The van der Waals surface area contributed by atoms with Gasteiger partial charge in [-0.15, -0.1) is 12.6 Å². The molecular weight excluding hydrogens is 186 g/mol. The van der Waals surface area contributed by atoms with Crippen molar-refractivity contribution in [3.05, 3.63) is 23.2 Å². The van der Waals surface area contributed by atoms with E-state index < -0.39 is 0 Å². The first-order valence-corrected chi connectivity index (χ1v) is 5.03. The molecule has 0 atom stereocenters. The predicted molar refractivity (Wildman–Crippen MR) is 55.0 cm³/mol. The van der Waals surface area contributed by atoms with Gasteiger partial charge in [-0.2, -0.15) is 4.57 Å². The number of aryl methyl sites for hydroxylation is 2. The number of fused-ring (bicyclic) bond motifs is 1. The Kier molecular flexibility index (Phi) is 1.85. The van der Waals surface area contributed by atoms with Crippen molar-refractivity contribution in [2.45, 2.75) is 11.8 Å². The van der Waals surface area contributed by atoms with Crippen LogP contribution in [-0.4, -0.2) is 0 Å². The number of hydrogen-bond acceptors (Lipinski definition) is 2. The van der Waals surface area contributed by atoms with E-state index in [4.69, 9.17) is 0 Å². The number of thiol groups is 1. The number of hydrogen-bond donors (Lipinski definition) is 1. The fourth-order valence-electron chi connectivity index (χ4n) is 1.32. The number of thiazole rings is 1. The molecule has 0 radical (unpaired) electrons. The minimum atomic E-state index is 1.05. The van der Waals surface area contributed by atoms with Gasteiger partial charge in [-0.05, 0) is 12.1 Å². The Balaban J connectivity index is 2.97. The van der Waals surface area contributed by atoms with Crippen LogP contribution in [0.15, 0.2) is 23.1 Å². The van der Waals surface area contributed by atoms with Crippen molar-refractivity contribution in [3.63, 3.8) is 0 Å². The first kappa shape index (κ1) is 8.08. The second kappa shape index (κ2) is 2.75. The molecule has 1 nitrogen and oxygen atoms in total. The highest BCUT2D eigenvalue weighted by atomic mass is 32.1. The highest BCUT2D eigenvalue weighted by molar-refractivity contribution is 7.80. The van der Waals surface area contributed by atoms with Crippen molar-refractivity contribution in [2.75, 3.05) is 0 Å². The summed E-state index contributed by atoms with van der Waals surface area (Å²) in [5.74, 6) is 0. The van der Waals surface area contributed by atoms with Gasteiger partial charge in [-0.1, -0.05) is 17.4 Å². The molecule has 3 heteroatoms. The van der Waals surface area contributed by atoms with Crippen LogP contribution >= 0.6 is 24.0 Å². The van der Waals surface area contributed by atoms with Crippen LogP contribution in [-0.2, 0) is 7.05 Å². The molecule has 1 aromatic heterocycles. The molecule has 1 heterocycles.